The number of rotatable bonds is 8. The van der Waals surface area contributed by atoms with Crippen LogP contribution in [0.3, 0.4) is 0 Å². The number of hydrogen-bond acceptors (Lipinski definition) is 4. The summed E-state index contributed by atoms with van der Waals surface area (Å²) in [6.45, 7) is 0.253. The van der Waals surface area contributed by atoms with E-state index in [0.29, 0.717) is 28.1 Å². The summed E-state index contributed by atoms with van der Waals surface area (Å²) in [4.78, 5) is 21.7. The third-order valence-corrected chi connectivity index (χ3v) is 3.74. The Kier molecular flexibility index (Phi) is 7.58. The van der Waals surface area contributed by atoms with E-state index < -0.39 is 5.97 Å². The van der Waals surface area contributed by atoms with Gasteiger partial charge in [-0.05, 0) is 12.1 Å². The molecule has 5 nitrogen and oxygen atoms in total. The van der Waals surface area contributed by atoms with Gasteiger partial charge in [-0.2, -0.15) is 0 Å². The maximum absolute atomic E-state index is 11.4. The van der Waals surface area contributed by atoms with Crippen molar-refractivity contribution in [3.05, 3.63) is 28.2 Å². The lowest BCUT2D eigenvalue weighted by Crippen LogP contribution is -2.30. The van der Waals surface area contributed by atoms with Gasteiger partial charge in [-0.15, -0.1) is 11.8 Å². The normalized spacial score (nSPS) is 10.1. The van der Waals surface area contributed by atoms with Crippen LogP contribution in [0.4, 0.5) is 0 Å². The highest BCUT2D eigenvalue weighted by Gasteiger charge is 2.05. The molecule has 0 spiro atoms. The van der Waals surface area contributed by atoms with Crippen molar-refractivity contribution in [2.24, 2.45) is 0 Å². The molecule has 0 fully saturated rings. The third kappa shape index (κ3) is 6.88. The SMILES string of the molecule is O=C(O)CSCCNC(=O)COc1ccc(Cl)c(Cl)c1. The Balaban J connectivity index is 2.19. The van der Waals surface area contributed by atoms with E-state index >= 15 is 0 Å². The van der Waals surface area contributed by atoms with Crippen molar-refractivity contribution in [2.45, 2.75) is 0 Å². The molecule has 0 atom stereocenters. The number of aliphatic carboxylic acids is 1. The molecule has 0 aromatic heterocycles. The molecule has 8 heteroatoms. The van der Waals surface area contributed by atoms with Gasteiger partial charge in [0.1, 0.15) is 5.75 Å². The quantitative estimate of drug-likeness (QED) is 0.712. The molecule has 0 aliphatic carbocycles. The number of ether oxygens (including phenoxy) is 1. The van der Waals surface area contributed by atoms with Gasteiger partial charge in [0.15, 0.2) is 6.61 Å². The minimum absolute atomic E-state index is 0.0235. The lowest BCUT2D eigenvalue weighted by Gasteiger charge is -2.07. The van der Waals surface area contributed by atoms with Crippen LogP contribution in [0, 0.1) is 0 Å². The summed E-state index contributed by atoms with van der Waals surface area (Å²) in [5.74, 6) is -0.147. The van der Waals surface area contributed by atoms with Crippen molar-refractivity contribution in [3.63, 3.8) is 0 Å². The maximum atomic E-state index is 11.4. The Labute approximate surface area is 130 Å². The molecule has 110 valence electrons. The van der Waals surface area contributed by atoms with E-state index in [-0.39, 0.29) is 18.3 Å². The standard InChI is InChI=1S/C12H13Cl2NO4S/c13-9-2-1-8(5-10(9)14)19-6-11(16)15-3-4-20-7-12(17)18/h1-2,5H,3-4,6-7H2,(H,15,16)(H,17,18). The van der Waals surface area contributed by atoms with Crippen LogP contribution in [0.5, 0.6) is 5.75 Å². The predicted octanol–water partition coefficient (Wildman–Crippen LogP) is 2.31. The van der Waals surface area contributed by atoms with Crippen molar-refractivity contribution in [3.8, 4) is 5.75 Å². The van der Waals surface area contributed by atoms with E-state index in [4.69, 9.17) is 33.0 Å². The first-order chi connectivity index (χ1) is 9.49. The van der Waals surface area contributed by atoms with Crippen molar-refractivity contribution in [1.82, 2.24) is 5.32 Å². The van der Waals surface area contributed by atoms with Gasteiger partial charge in [-0.3, -0.25) is 9.59 Å². The van der Waals surface area contributed by atoms with Crippen molar-refractivity contribution >= 4 is 46.8 Å². The van der Waals surface area contributed by atoms with Crippen molar-refractivity contribution in [1.29, 1.82) is 0 Å². The van der Waals surface area contributed by atoms with E-state index in [1.165, 1.54) is 17.8 Å². The van der Waals surface area contributed by atoms with Crippen LogP contribution in [0.2, 0.25) is 10.0 Å². The van der Waals surface area contributed by atoms with Gasteiger partial charge in [-0.25, -0.2) is 0 Å². The van der Waals surface area contributed by atoms with E-state index in [1.54, 1.807) is 12.1 Å². The second-order valence-corrected chi connectivity index (χ2v) is 5.58. The lowest BCUT2D eigenvalue weighted by atomic mass is 10.3. The fraction of sp³-hybridized carbons (Fsp3) is 0.333. The molecule has 1 rings (SSSR count). The van der Waals surface area contributed by atoms with Gasteiger partial charge < -0.3 is 15.2 Å². The number of carboxylic acids is 1. The Morgan fingerprint density at radius 2 is 2.05 bits per heavy atom. The molecular formula is C12H13Cl2NO4S. The van der Waals surface area contributed by atoms with Gasteiger partial charge in [0, 0.05) is 18.4 Å². The fourth-order valence-corrected chi connectivity index (χ4v) is 2.04. The summed E-state index contributed by atoms with van der Waals surface area (Å²) in [5, 5.41) is 11.8. The number of carbonyl (C=O) groups excluding carboxylic acids is 1. The van der Waals surface area contributed by atoms with Crippen LogP contribution in [0.25, 0.3) is 0 Å². The van der Waals surface area contributed by atoms with Crippen LogP contribution in [-0.2, 0) is 9.59 Å². The number of hydrogen-bond donors (Lipinski definition) is 2. The van der Waals surface area contributed by atoms with Crippen LogP contribution >= 0.6 is 35.0 Å². The summed E-state index contributed by atoms with van der Waals surface area (Å²) in [6.07, 6.45) is 0. The zero-order valence-corrected chi connectivity index (χ0v) is 12.7. The van der Waals surface area contributed by atoms with Gasteiger partial charge >= 0.3 is 5.97 Å². The van der Waals surface area contributed by atoms with Gasteiger partial charge in [0.25, 0.3) is 5.91 Å². The first kappa shape index (κ1) is 16.9. The number of carbonyl (C=O) groups is 2. The molecule has 0 radical (unpaired) electrons. The second-order valence-electron chi connectivity index (χ2n) is 3.66. The number of carboxylic acid groups (broad SMARTS) is 1. The van der Waals surface area contributed by atoms with Crippen molar-refractivity contribution in [2.75, 3.05) is 24.7 Å². The predicted molar refractivity (Wildman–Crippen MR) is 79.9 cm³/mol. The number of amides is 1. The molecule has 20 heavy (non-hydrogen) atoms. The van der Waals surface area contributed by atoms with Crippen LogP contribution in [0.1, 0.15) is 0 Å². The fourth-order valence-electron chi connectivity index (χ4n) is 1.19. The van der Waals surface area contributed by atoms with Gasteiger partial charge in [0.05, 0.1) is 15.8 Å². The van der Waals surface area contributed by atoms with E-state index in [0.717, 1.165) is 0 Å². The van der Waals surface area contributed by atoms with Gasteiger partial charge in [-0.1, -0.05) is 23.2 Å². The summed E-state index contributed by atoms with van der Waals surface area (Å²) >= 11 is 12.8. The van der Waals surface area contributed by atoms with Crippen LogP contribution in [-0.4, -0.2) is 41.6 Å². The molecule has 0 unspecified atom stereocenters. The average Bonchev–Trinajstić information content (AvgIpc) is 2.39. The Morgan fingerprint density at radius 3 is 2.70 bits per heavy atom. The molecule has 0 aliphatic rings. The van der Waals surface area contributed by atoms with Crippen LogP contribution in [0.15, 0.2) is 18.2 Å². The topological polar surface area (TPSA) is 75.6 Å². The first-order valence-electron chi connectivity index (χ1n) is 5.63. The highest BCUT2D eigenvalue weighted by atomic mass is 35.5. The molecule has 0 saturated heterocycles. The minimum atomic E-state index is -0.871. The number of thioether (sulfide) groups is 1. The lowest BCUT2D eigenvalue weighted by molar-refractivity contribution is -0.133. The highest BCUT2D eigenvalue weighted by molar-refractivity contribution is 7.99. The van der Waals surface area contributed by atoms with Crippen molar-refractivity contribution < 1.29 is 19.4 Å². The second kappa shape index (κ2) is 8.94. The monoisotopic (exact) mass is 337 g/mol. The molecule has 0 bridgehead atoms. The Hall–Kier alpha value is -1.11. The highest BCUT2D eigenvalue weighted by Crippen LogP contribution is 2.26. The maximum Gasteiger partial charge on any atom is 0.313 e. The third-order valence-electron chi connectivity index (χ3n) is 2.06. The summed E-state index contributed by atoms with van der Waals surface area (Å²) < 4.78 is 5.24. The number of halogens is 2. The van der Waals surface area contributed by atoms with E-state index in [9.17, 15) is 9.59 Å². The Morgan fingerprint density at radius 1 is 1.30 bits per heavy atom. The zero-order valence-electron chi connectivity index (χ0n) is 10.4. The Bertz CT molecular complexity index is 485. The zero-order chi connectivity index (χ0) is 15.0. The van der Waals surface area contributed by atoms with Crippen LogP contribution < -0.4 is 10.1 Å². The average molecular weight is 338 g/mol. The summed E-state index contributed by atoms with van der Waals surface area (Å²) in [5.41, 5.74) is 0. The first-order valence-corrected chi connectivity index (χ1v) is 7.54. The summed E-state index contributed by atoms with van der Waals surface area (Å²) in [6, 6.07) is 4.73. The number of nitrogens with one attached hydrogen (secondary N) is 1. The number of benzene rings is 1. The molecule has 2 N–H and O–H groups in total. The molecule has 0 aliphatic heterocycles. The minimum Gasteiger partial charge on any atom is -0.484 e. The molecular weight excluding hydrogens is 325 g/mol. The van der Waals surface area contributed by atoms with Gasteiger partial charge in [0.2, 0.25) is 0 Å². The molecule has 0 heterocycles. The largest absolute Gasteiger partial charge is 0.484 e. The van der Waals surface area contributed by atoms with E-state index in [2.05, 4.69) is 5.32 Å². The smallest absolute Gasteiger partial charge is 0.313 e. The van der Waals surface area contributed by atoms with E-state index in [1.807, 2.05) is 0 Å². The molecule has 1 amide bonds. The molecule has 0 saturated carbocycles. The molecule has 1 aromatic rings. The summed E-state index contributed by atoms with van der Waals surface area (Å²) in [7, 11) is 0. The molecule has 1 aromatic carbocycles.